The van der Waals surface area contributed by atoms with Crippen LogP contribution in [0.1, 0.15) is 29.5 Å². The number of aryl methyl sites for hydroxylation is 3. The molecule has 3 rings (SSSR count). The summed E-state index contributed by atoms with van der Waals surface area (Å²) in [4.78, 5) is 0. The number of unbranched alkanes of at least 4 members (excludes halogenated alkanes) is 1. The van der Waals surface area contributed by atoms with Crippen molar-refractivity contribution in [3.05, 3.63) is 47.0 Å². The number of hydrogen-bond acceptors (Lipinski definition) is 1. The van der Waals surface area contributed by atoms with Crippen LogP contribution in [0.3, 0.4) is 0 Å². The van der Waals surface area contributed by atoms with Crippen molar-refractivity contribution < 1.29 is 0 Å². The number of rotatable bonds is 5. The maximum Gasteiger partial charge on any atom is -0.00518 e. The molecule has 94 valence electrons. The molecule has 1 aliphatic carbocycles. The molecule has 0 bridgehead atoms. The first-order chi connectivity index (χ1) is 8.90. The zero-order chi connectivity index (χ0) is 12.4. The molecule has 0 unspecified atom stereocenters. The van der Waals surface area contributed by atoms with Gasteiger partial charge in [-0.05, 0) is 73.2 Å². The molecule has 2 aromatic carbocycles. The van der Waals surface area contributed by atoms with E-state index in [2.05, 4.69) is 35.6 Å². The third kappa shape index (κ3) is 2.04. The lowest BCUT2D eigenvalue weighted by atomic mass is 9.97. The molecule has 0 saturated carbocycles. The topological polar surface area (TPSA) is 12.0 Å². The zero-order valence-corrected chi connectivity index (χ0v) is 11.1. The maximum atomic E-state index is 3.22. The van der Waals surface area contributed by atoms with Crippen LogP contribution in [-0.4, -0.2) is 13.6 Å². The van der Waals surface area contributed by atoms with Crippen molar-refractivity contribution in [1.82, 2.24) is 5.32 Å². The Balaban J connectivity index is 1.89. The van der Waals surface area contributed by atoms with Crippen LogP contribution < -0.4 is 5.32 Å². The first-order valence-electron chi connectivity index (χ1n) is 7.07. The molecule has 1 heteroatoms. The van der Waals surface area contributed by atoms with Gasteiger partial charge in [0.15, 0.2) is 0 Å². The van der Waals surface area contributed by atoms with E-state index < -0.39 is 0 Å². The van der Waals surface area contributed by atoms with Crippen molar-refractivity contribution in [3.63, 3.8) is 0 Å². The van der Waals surface area contributed by atoms with Gasteiger partial charge in [0.1, 0.15) is 0 Å². The van der Waals surface area contributed by atoms with Gasteiger partial charge < -0.3 is 5.32 Å². The minimum Gasteiger partial charge on any atom is -0.320 e. The summed E-state index contributed by atoms with van der Waals surface area (Å²) in [7, 11) is 2.03. The fourth-order valence-electron chi connectivity index (χ4n) is 3.14. The van der Waals surface area contributed by atoms with Crippen molar-refractivity contribution in [1.29, 1.82) is 0 Å². The zero-order valence-electron chi connectivity index (χ0n) is 11.1. The highest BCUT2D eigenvalue weighted by Crippen LogP contribution is 2.33. The minimum atomic E-state index is 1.13. The molecule has 2 aromatic rings. The summed E-state index contributed by atoms with van der Waals surface area (Å²) in [5, 5.41) is 6.28. The first kappa shape index (κ1) is 11.7. The molecule has 0 atom stereocenters. The average Bonchev–Trinajstić information content (AvgIpc) is 2.82. The van der Waals surface area contributed by atoms with E-state index in [-0.39, 0.29) is 0 Å². The van der Waals surface area contributed by atoms with Gasteiger partial charge in [-0.3, -0.25) is 0 Å². The van der Waals surface area contributed by atoms with E-state index in [0.717, 1.165) is 6.54 Å². The standard InChI is InChI=1S/C17H21N/c1-18-12-3-2-5-13-8-9-15-11-10-14-6-4-7-16(13)17(14)15/h4,6-9,18H,2-3,5,10-12H2,1H3. The Kier molecular flexibility index (Phi) is 3.33. The Morgan fingerprint density at radius 2 is 1.83 bits per heavy atom. The van der Waals surface area contributed by atoms with E-state index in [4.69, 9.17) is 0 Å². The van der Waals surface area contributed by atoms with E-state index in [1.54, 1.807) is 16.5 Å². The number of nitrogens with one attached hydrogen (secondary N) is 1. The van der Waals surface area contributed by atoms with E-state index >= 15 is 0 Å². The summed E-state index contributed by atoms with van der Waals surface area (Å²) in [6.07, 6.45) is 6.21. The summed E-state index contributed by atoms with van der Waals surface area (Å²) in [5.74, 6) is 0. The van der Waals surface area contributed by atoms with Gasteiger partial charge in [0.2, 0.25) is 0 Å². The van der Waals surface area contributed by atoms with E-state index in [9.17, 15) is 0 Å². The lowest BCUT2D eigenvalue weighted by Crippen LogP contribution is -2.07. The van der Waals surface area contributed by atoms with Crippen molar-refractivity contribution >= 4 is 10.8 Å². The van der Waals surface area contributed by atoms with Crippen molar-refractivity contribution in [2.45, 2.75) is 32.1 Å². The van der Waals surface area contributed by atoms with E-state index in [1.165, 1.54) is 43.1 Å². The summed E-state index contributed by atoms with van der Waals surface area (Å²) in [5.41, 5.74) is 4.65. The van der Waals surface area contributed by atoms with Crippen molar-refractivity contribution in [2.75, 3.05) is 13.6 Å². The highest BCUT2D eigenvalue weighted by atomic mass is 14.8. The molecule has 0 aliphatic heterocycles. The van der Waals surface area contributed by atoms with Gasteiger partial charge in [-0.2, -0.15) is 0 Å². The summed E-state index contributed by atoms with van der Waals surface area (Å²) in [6, 6.07) is 11.5. The van der Waals surface area contributed by atoms with Gasteiger partial charge >= 0.3 is 0 Å². The smallest absolute Gasteiger partial charge is 0.00518 e. The molecule has 0 aromatic heterocycles. The predicted octanol–water partition coefficient (Wildman–Crippen LogP) is 3.48. The molecular weight excluding hydrogens is 218 g/mol. The fourth-order valence-corrected chi connectivity index (χ4v) is 3.14. The molecule has 1 N–H and O–H groups in total. The second-order valence-electron chi connectivity index (χ2n) is 5.28. The van der Waals surface area contributed by atoms with Crippen LogP contribution in [0.25, 0.3) is 10.8 Å². The van der Waals surface area contributed by atoms with Crippen LogP contribution >= 0.6 is 0 Å². The molecule has 1 aliphatic rings. The molecule has 0 heterocycles. The summed E-state index contributed by atoms with van der Waals surface area (Å²) < 4.78 is 0. The quantitative estimate of drug-likeness (QED) is 0.788. The van der Waals surface area contributed by atoms with E-state index in [1.807, 2.05) is 7.05 Å². The van der Waals surface area contributed by atoms with E-state index in [0.29, 0.717) is 0 Å². The lowest BCUT2D eigenvalue weighted by Gasteiger charge is -2.09. The number of benzene rings is 2. The molecule has 0 saturated heterocycles. The monoisotopic (exact) mass is 239 g/mol. The summed E-state index contributed by atoms with van der Waals surface area (Å²) >= 11 is 0. The second-order valence-corrected chi connectivity index (χ2v) is 5.28. The van der Waals surface area contributed by atoms with Gasteiger partial charge in [-0.25, -0.2) is 0 Å². The Morgan fingerprint density at radius 3 is 2.67 bits per heavy atom. The van der Waals surface area contributed by atoms with Crippen LogP contribution in [0.15, 0.2) is 30.3 Å². The SMILES string of the molecule is CNCCCCc1ccc2c3c(cccc13)CC2. The molecule has 0 radical (unpaired) electrons. The third-order valence-corrected chi connectivity index (χ3v) is 4.09. The Hall–Kier alpha value is -1.34. The average molecular weight is 239 g/mol. The van der Waals surface area contributed by atoms with Crippen LogP contribution in [-0.2, 0) is 19.3 Å². The molecule has 0 spiro atoms. The maximum absolute atomic E-state index is 3.22. The largest absolute Gasteiger partial charge is 0.320 e. The Labute approximate surface area is 109 Å². The normalized spacial score (nSPS) is 13.4. The molecule has 0 amide bonds. The molecule has 1 nitrogen and oxygen atoms in total. The molecule has 0 fully saturated rings. The predicted molar refractivity (Wildman–Crippen MR) is 78.2 cm³/mol. The van der Waals surface area contributed by atoms with Crippen molar-refractivity contribution in [3.8, 4) is 0 Å². The van der Waals surface area contributed by atoms with Gasteiger partial charge in [0.25, 0.3) is 0 Å². The third-order valence-electron chi connectivity index (χ3n) is 4.09. The Morgan fingerprint density at radius 1 is 1.00 bits per heavy atom. The minimum absolute atomic E-state index is 1.13. The van der Waals surface area contributed by atoms with Gasteiger partial charge in [-0.1, -0.05) is 30.3 Å². The fraction of sp³-hybridized carbons (Fsp3) is 0.412. The Bertz CT molecular complexity index is 547. The van der Waals surface area contributed by atoms with Gasteiger partial charge in [0.05, 0.1) is 0 Å². The molecular formula is C17H21N. The first-order valence-corrected chi connectivity index (χ1v) is 7.07. The second kappa shape index (κ2) is 5.11. The van der Waals surface area contributed by atoms with Gasteiger partial charge in [-0.15, -0.1) is 0 Å². The summed E-state index contributed by atoms with van der Waals surface area (Å²) in [6.45, 7) is 1.13. The van der Waals surface area contributed by atoms with Crippen LogP contribution in [0.5, 0.6) is 0 Å². The van der Waals surface area contributed by atoms with Crippen LogP contribution in [0.2, 0.25) is 0 Å². The highest BCUT2D eigenvalue weighted by Gasteiger charge is 2.15. The lowest BCUT2D eigenvalue weighted by molar-refractivity contribution is 0.678. The molecule has 18 heavy (non-hydrogen) atoms. The number of hydrogen-bond donors (Lipinski definition) is 1. The van der Waals surface area contributed by atoms with Gasteiger partial charge in [0, 0.05) is 0 Å². The van der Waals surface area contributed by atoms with Crippen LogP contribution in [0.4, 0.5) is 0 Å². The highest BCUT2D eigenvalue weighted by molar-refractivity contribution is 5.93. The van der Waals surface area contributed by atoms with Crippen molar-refractivity contribution in [2.24, 2.45) is 0 Å². The van der Waals surface area contributed by atoms with Crippen LogP contribution in [0, 0.1) is 0 Å².